The number of carboxylic acids is 1. The maximum atomic E-state index is 10.3. The third-order valence-corrected chi connectivity index (χ3v) is 1.60. The Labute approximate surface area is 67.6 Å². The van der Waals surface area contributed by atoms with Gasteiger partial charge >= 0.3 is 5.97 Å². The van der Waals surface area contributed by atoms with E-state index < -0.39 is 5.97 Å². The van der Waals surface area contributed by atoms with Gasteiger partial charge in [0.25, 0.3) is 0 Å². The summed E-state index contributed by atoms with van der Waals surface area (Å²) in [6, 6.07) is 0. The predicted molar refractivity (Wildman–Crippen MR) is 44.3 cm³/mol. The first-order valence-electron chi connectivity index (χ1n) is 3.98. The van der Waals surface area contributed by atoms with Crippen LogP contribution >= 0.6 is 0 Å². The molecule has 3 heteroatoms. The van der Waals surface area contributed by atoms with Crippen LogP contribution in [0.1, 0.15) is 26.7 Å². The van der Waals surface area contributed by atoms with E-state index in [2.05, 4.69) is 13.8 Å². The van der Waals surface area contributed by atoms with Crippen LogP contribution in [0, 0.1) is 11.8 Å². The Morgan fingerprint density at radius 2 is 2.09 bits per heavy atom. The van der Waals surface area contributed by atoms with Gasteiger partial charge in [0.05, 0.1) is 0 Å². The second-order valence-corrected chi connectivity index (χ2v) is 3.33. The van der Waals surface area contributed by atoms with E-state index in [1.54, 1.807) is 0 Å². The summed E-state index contributed by atoms with van der Waals surface area (Å²) in [6.07, 6.45) is 1.11. The quantitative estimate of drug-likeness (QED) is 0.594. The van der Waals surface area contributed by atoms with Gasteiger partial charge in [-0.25, -0.2) is 0 Å². The Morgan fingerprint density at radius 3 is 2.36 bits per heavy atom. The minimum absolute atomic E-state index is 0.146. The molecule has 11 heavy (non-hydrogen) atoms. The van der Waals surface area contributed by atoms with Gasteiger partial charge in [-0.3, -0.25) is 4.79 Å². The molecule has 1 unspecified atom stereocenters. The van der Waals surface area contributed by atoms with Crippen molar-refractivity contribution in [2.75, 3.05) is 6.54 Å². The molecule has 0 aliphatic carbocycles. The number of nitrogens with two attached hydrogens (primary N) is 1. The molecule has 1 atom stereocenters. The van der Waals surface area contributed by atoms with Crippen LogP contribution in [0.15, 0.2) is 0 Å². The van der Waals surface area contributed by atoms with Crippen LogP contribution in [0.4, 0.5) is 0 Å². The summed E-state index contributed by atoms with van der Waals surface area (Å²) in [5, 5.41) is 8.47. The number of rotatable bonds is 5. The van der Waals surface area contributed by atoms with Crippen LogP contribution < -0.4 is 5.73 Å². The molecule has 3 nitrogen and oxygen atoms in total. The number of hydrogen-bond acceptors (Lipinski definition) is 2. The summed E-state index contributed by atoms with van der Waals surface area (Å²) >= 11 is 0. The molecule has 0 saturated heterocycles. The number of aliphatic carboxylic acids is 1. The molecule has 0 saturated carbocycles. The molecular weight excluding hydrogens is 145 g/mol. The molecule has 0 aliphatic heterocycles. The van der Waals surface area contributed by atoms with E-state index in [0.717, 1.165) is 6.42 Å². The zero-order valence-corrected chi connectivity index (χ0v) is 7.21. The molecule has 0 radical (unpaired) electrons. The van der Waals surface area contributed by atoms with Crippen molar-refractivity contribution < 1.29 is 9.90 Å². The number of hydrogen-bond donors (Lipinski definition) is 2. The highest BCUT2D eigenvalue weighted by Gasteiger charge is 2.12. The molecule has 0 aromatic carbocycles. The van der Waals surface area contributed by atoms with E-state index in [4.69, 9.17) is 10.8 Å². The minimum Gasteiger partial charge on any atom is -0.481 e. The lowest BCUT2D eigenvalue weighted by molar-refractivity contribution is -0.138. The maximum Gasteiger partial charge on any atom is 0.303 e. The van der Waals surface area contributed by atoms with Gasteiger partial charge in [0.2, 0.25) is 0 Å². The molecule has 0 amide bonds. The molecule has 3 N–H and O–H groups in total. The molecule has 0 aromatic rings. The first-order chi connectivity index (χ1) is 5.06. The van der Waals surface area contributed by atoms with Crippen molar-refractivity contribution in [2.24, 2.45) is 17.6 Å². The molecule has 0 heterocycles. The summed E-state index contributed by atoms with van der Waals surface area (Å²) < 4.78 is 0. The lowest BCUT2D eigenvalue weighted by Gasteiger charge is -2.13. The van der Waals surface area contributed by atoms with Gasteiger partial charge in [0.15, 0.2) is 0 Å². The molecule has 0 aromatic heterocycles. The Hall–Kier alpha value is -0.570. The van der Waals surface area contributed by atoms with Crippen molar-refractivity contribution >= 4 is 5.97 Å². The molecule has 0 aliphatic rings. The Morgan fingerprint density at radius 1 is 1.55 bits per heavy atom. The fraction of sp³-hybridized carbons (Fsp3) is 0.875. The largest absolute Gasteiger partial charge is 0.481 e. The van der Waals surface area contributed by atoms with Crippen LogP contribution in [0.5, 0.6) is 0 Å². The topological polar surface area (TPSA) is 63.3 Å². The average molecular weight is 162 g/mol. The fourth-order valence-corrected chi connectivity index (χ4v) is 1.18. The van der Waals surface area contributed by atoms with Gasteiger partial charge in [0.1, 0.15) is 0 Å². The molecular formula is C8H17NO2. The normalized spacial score (nSPS) is 13.5. The second-order valence-electron chi connectivity index (χ2n) is 3.33. The van der Waals surface area contributed by atoms with Crippen molar-refractivity contribution in [3.8, 4) is 0 Å². The summed E-state index contributed by atoms with van der Waals surface area (Å²) in [7, 11) is 0. The van der Waals surface area contributed by atoms with Gasteiger partial charge < -0.3 is 10.8 Å². The van der Waals surface area contributed by atoms with E-state index >= 15 is 0 Å². The highest BCUT2D eigenvalue weighted by Crippen LogP contribution is 2.13. The maximum absolute atomic E-state index is 10.3. The van der Waals surface area contributed by atoms with E-state index in [9.17, 15) is 4.79 Å². The lowest BCUT2D eigenvalue weighted by Crippen LogP contribution is -2.19. The van der Waals surface area contributed by atoms with Crippen LogP contribution in [0.25, 0.3) is 0 Å². The minimum atomic E-state index is -0.749. The summed E-state index contributed by atoms with van der Waals surface area (Å²) in [6.45, 7) is 4.62. The van der Waals surface area contributed by atoms with Gasteiger partial charge in [-0.05, 0) is 24.8 Å². The number of carbonyl (C=O) groups is 1. The summed E-state index contributed by atoms with van der Waals surface area (Å²) in [4.78, 5) is 10.3. The first-order valence-corrected chi connectivity index (χ1v) is 3.98. The van der Waals surface area contributed by atoms with E-state index in [-0.39, 0.29) is 12.3 Å². The summed E-state index contributed by atoms with van der Waals surface area (Å²) in [5.41, 5.74) is 5.41. The smallest absolute Gasteiger partial charge is 0.303 e. The standard InChI is InChI=1S/C8H17NO2/c1-6(2)3-7(5-9)4-8(10)11/h6-7H,3-5,9H2,1-2H3,(H,10,11)/i4+1,5+1,8+1. The zero-order chi connectivity index (χ0) is 8.85. The van der Waals surface area contributed by atoms with Crippen LogP contribution in [-0.2, 0) is 4.79 Å². The van der Waals surface area contributed by atoms with Gasteiger partial charge in [-0.2, -0.15) is 0 Å². The molecule has 66 valence electrons. The third kappa shape index (κ3) is 5.85. The number of carboxylic acid groups (broad SMARTS) is 1. The van der Waals surface area contributed by atoms with Gasteiger partial charge in [-0.15, -0.1) is 0 Å². The van der Waals surface area contributed by atoms with Crippen LogP contribution in [0.3, 0.4) is 0 Å². The Bertz CT molecular complexity index is 123. The molecule has 0 bridgehead atoms. The monoisotopic (exact) mass is 162 g/mol. The fourth-order valence-electron chi connectivity index (χ4n) is 1.18. The zero-order valence-electron chi connectivity index (χ0n) is 7.21. The van der Waals surface area contributed by atoms with Gasteiger partial charge in [-0.1, -0.05) is 13.8 Å². The van der Waals surface area contributed by atoms with Gasteiger partial charge in [0, 0.05) is 6.42 Å². The predicted octanol–water partition coefficient (Wildman–Crippen LogP) is 1.08. The Balaban J connectivity index is 3.66. The first kappa shape index (κ1) is 10.4. The third-order valence-electron chi connectivity index (χ3n) is 1.60. The average Bonchev–Trinajstić information content (AvgIpc) is 1.84. The van der Waals surface area contributed by atoms with E-state index in [1.165, 1.54) is 0 Å². The summed E-state index contributed by atoms with van der Waals surface area (Å²) in [5.74, 6) is -0.0727. The van der Waals surface area contributed by atoms with Crippen molar-refractivity contribution in [3.63, 3.8) is 0 Å². The highest BCUT2D eigenvalue weighted by molar-refractivity contribution is 5.67. The SMILES string of the molecule is CC(C)CC([13CH2]N)[13CH2][13C](=O)O. The highest BCUT2D eigenvalue weighted by atomic mass is 16.5. The van der Waals surface area contributed by atoms with Crippen molar-refractivity contribution in [2.45, 2.75) is 26.7 Å². The molecule has 0 spiro atoms. The lowest BCUT2D eigenvalue weighted by atomic mass is 10.1. The molecule has 0 rings (SSSR count). The van der Waals surface area contributed by atoms with Crippen LogP contribution in [0.2, 0.25) is 0 Å². The van der Waals surface area contributed by atoms with Crippen molar-refractivity contribution in [1.82, 2.24) is 0 Å². The second kappa shape index (κ2) is 5.13. The Kier molecular flexibility index (Phi) is 4.86. The molecule has 0 fully saturated rings. The van der Waals surface area contributed by atoms with E-state index in [0.29, 0.717) is 12.5 Å². The van der Waals surface area contributed by atoms with E-state index in [1.807, 2.05) is 0 Å². The van der Waals surface area contributed by atoms with Crippen molar-refractivity contribution in [3.05, 3.63) is 0 Å². The van der Waals surface area contributed by atoms with Crippen molar-refractivity contribution in [1.29, 1.82) is 0 Å². The van der Waals surface area contributed by atoms with Crippen LogP contribution in [-0.4, -0.2) is 17.6 Å².